The highest BCUT2D eigenvalue weighted by Crippen LogP contribution is 2.42. The Bertz CT molecular complexity index is 914. The molecule has 3 heteroatoms. The van der Waals surface area contributed by atoms with E-state index in [1.807, 2.05) is 54.6 Å². The summed E-state index contributed by atoms with van der Waals surface area (Å²) in [4.78, 5) is 14.3. The molecule has 0 radical (unpaired) electrons. The largest absolute Gasteiger partial charge is 0.289 e. The fourth-order valence-electron chi connectivity index (χ4n) is 2.85. The summed E-state index contributed by atoms with van der Waals surface area (Å²) in [6.45, 7) is 0. The molecule has 0 saturated carbocycles. The Kier molecular flexibility index (Phi) is 3.01. The molecule has 0 saturated heterocycles. The number of carbonyl (C=O) groups excluding carboxylic acids is 1. The van der Waals surface area contributed by atoms with Gasteiger partial charge in [0.1, 0.15) is 0 Å². The lowest BCUT2D eigenvalue weighted by atomic mass is 9.94. The summed E-state index contributed by atoms with van der Waals surface area (Å²) < 4.78 is 12.6. The van der Waals surface area contributed by atoms with Crippen LogP contribution >= 0.6 is 0 Å². The molecule has 0 spiro atoms. The highest BCUT2D eigenvalue weighted by molar-refractivity contribution is 7.85. The molecule has 1 atom stereocenters. The first kappa shape index (κ1) is 13.2. The van der Waals surface area contributed by atoms with Crippen molar-refractivity contribution in [1.82, 2.24) is 0 Å². The van der Waals surface area contributed by atoms with Gasteiger partial charge in [0, 0.05) is 22.3 Å². The second-order valence-electron chi connectivity index (χ2n) is 5.14. The average Bonchev–Trinajstić information content (AvgIpc) is 2.89. The van der Waals surface area contributed by atoms with Gasteiger partial charge in [0.05, 0.1) is 20.6 Å². The van der Waals surface area contributed by atoms with E-state index in [0.29, 0.717) is 11.1 Å². The number of benzene rings is 3. The molecule has 22 heavy (non-hydrogen) atoms. The van der Waals surface area contributed by atoms with Crippen LogP contribution in [0.15, 0.2) is 82.6 Å². The number of hydrogen-bond acceptors (Lipinski definition) is 2. The van der Waals surface area contributed by atoms with E-state index >= 15 is 0 Å². The standard InChI is InChI=1S/C19H12O2S/c20-19(13-7-2-1-3-8-13)15-10-6-12-17-18(15)14-9-4-5-11-16(14)22(17)21/h1-12H. The maximum atomic E-state index is 12.8. The number of fused-ring (bicyclic) bond motifs is 3. The molecule has 2 nitrogen and oxygen atoms in total. The predicted octanol–water partition coefficient (Wildman–Crippen LogP) is 4.06. The monoisotopic (exact) mass is 304 g/mol. The normalized spacial score (nSPS) is 15.2. The van der Waals surface area contributed by atoms with Crippen LogP contribution in [0, 0.1) is 0 Å². The van der Waals surface area contributed by atoms with Crippen molar-refractivity contribution in [1.29, 1.82) is 0 Å². The quantitative estimate of drug-likeness (QED) is 0.523. The summed E-state index contributed by atoms with van der Waals surface area (Å²) >= 11 is 0. The lowest BCUT2D eigenvalue weighted by Gasteiger charge is -2.07. The summed E-state index contributed by atoms with van der Waals surface area (Å²) in [7, 11) is -1.21. The molecule has 0 bridgehead atoms. The van der Waals surface area contributed by atoms with Gasteiger partial charge in [-0.25, -0.2) is 4.21 Å². The molecule has 1 aliphatic heterocycles. The van der Waals surface area contributed by atoms with Crippen molar-refractivity contribution >= 4 is 16.6 Å². The van der Waals surface area contributed by atoms with Gasteiger partial charge in [-0.3, -0.25) is 4.79 Å². The molecule has 106 valence electrons. The summed E-state index contributed by atoms with van der Waals surface area (Å²) in [5.41, 5.74) is 2.97. The maximum absolute atomic E-state index is 12.8. The number of hydrogen-bond donors (Lipinski definition) is 0. The van der Waals surface area contributed by atoms with E-state index in [1.165, 1.54) is 0 Å². The molecule has 3 aromatic rings. The highest BCUT2D eigenvalue weighted by atomic mass is 32.2. The predicted molar refractivity (Wildman–Crippen MR) is 86.4 cm³/mol. The van der Waals surface area contributed by atoms with E-state index in [-0.39, 0.29) is 5.78 Å². The lowest BCUT2D eigenvalue weighted by molar-refractivity contribution is 0.103. The summed E-state index contributed by atoms with van der Waals surface area (Å²) in [6.07, 6.45) is 0. The van der Waals surface area contributed by atoms with Crippen molar-refractivity contribution in [3.63, 3.8) is 0 Å². The van der Waals surface area contributed by atoms with Crippen LogP contribution in [-0.4, -0.2) is 9.99 Å². The van der Waals surface area contributed by atoms with Crippen LogP contribution in [0.25, 0.3) is 11.1 Å². The number of ketones is 1. The molecule has 0 fully saturated rings. The Morgan fingerprint density at radius 1 is 0.727 bits per heavy atom. The second kappa shape index (κ2) is 5.04. The molecule has 0 amide bonds. The third-order valence-corrected chi connectivity index (χ3v) is 5.36. The van der Waals surface area contributed by atoms with E-state index in [9.17, 15) is 9.00 Å². The van der Waals surface area contributed by atoms with Crippen LogP contribution in [0.5, 0.6) is 0 Å². The molecule has 1 aliphatic rings. The zero-order chi connectivity index (χ0) is 15.1. The van der Waals surface area contributed by atoms with Crippen LogP contribution in [0.4, 0.5) is 0 Å². The third kappa shape index (κ3) is 1.86. The first-order valence-corrected chi connectivity index (χ1v) is 8.16. The zero-order valence-corrected chi connectivity index (χ0v) is 12.5. The van der Waals surface area contributed by atoms with E-state index < -0.39 is 10.8 Å². The maximum Gasteiger partial charge on any atom is 0.193 e. The molecule has 1 heterocycles. The smallest absolute Gasteiger partial charge is 0.193 e. The molecule has 0 aliphatic carbocycles. The van der Waals surface area contributed by atoms with Crippen LogP contribution < -0.4 is 0 Å². The van der Waals surface area contributed by atoms with Crippen LogP contribution in [0.3, 0.4) is 0 Å². The summed E-state index contributed by atoms with van der Waals surface area (Å²) in [5, 5.41) is 0. The Balaban J connectivity index is 1.96. The van der Waals surface area contributed by atoms with Gasteiger partial charge in [-0.15, -0.1) is 0 Å². The molecule has 1 unspecified atom stereocenters. The van der Waals surface area contributed by atoms with Gasteiger partial charge in [-0.2, -0.15) is 0 Å². The molecular formula is C19H12O2S. The Morgan fingerprint density at radius 3 is 2.23 bits per heavy atom. The van der Waals surface area contributed by atoms with Gasteiger partial charge in [0.2, 0.25) is 0 Å². The second-order valence-corrected chi connectivity index (χ2v) is 6.56. The van der Waals surface area contributed by atoms with E-state index in [0.717, 1.165) is 20.9 Å². The van der Waals surface area contributed by atoms with Crippen molar-refractivity contribution in [2.45, 2.75) is 9.79 Å². The van der Waals surface area contributed by atoms with Crippen LogP contribution in [0.2, 0.25) is 0 Å². The zero-order valence-electron chi connectivity index (χ0n) is 11.7. The minimum absolute atomic E-state index is 0.0360. The van der Waals surface area contributed by atoms with Crippen molar-refractivity contribution in [3.8, 4) is 11.1 Å². The average molecular weight is 304 g/mol. The van der Waals surface area contributed by atoms with Gasteiger partial charge in [-0.05, 0) is 12.1 Å². The van der Waals surface area contributed by atoms with Gasteiger partial charge >= 0.3 is 0 Å². The van der Waals surface area contributed by atoms with Crippen molar-refractivity contribution in [3.05, 3.63) is 83.9 Å². The van der Waals surface area contributed by atoms with Crippen LogP contribution in [0.1, 0.15) is 15.9 Å². The topological polar surface area (TPSA) is 34.1 Å². The van der Waals surface area contributed by atoms with E-state index in [2.05, 4.69) is 0 Å². The number of rotatable bonds is 2. The summed E-state index contributed by atoms with van der Waals surface area (Å²) in [6, 6.07) is 22.2. The molecular weight excluding hydrogens is 292 g/mol. The SMILES string of the molecule is O=C(c1ccccc1)c1cccc2c1-c1ccccc1S2=O. The van der Waals surface area contributed by atoms with Crippen molar-refractivity contribution in [2.75, 3.05) is 0 Å². The lowest BCUT2D eigenvalue weighted by Crippen LogP contribution is -2.03. The first-order valence-electron chi connectivity index (χ1n) is 7.01. The first-order chi connectivity index (χ1) is 10.8. The van der Waals surface area contributed by atoms with Gasteiger partial charge < -0.3 is 0 Å². The van der Waals surface area contributed by atoms with Gasteiger partial charge in [-0.1, -0.05) is 60.7 Å². The molecule has 3 aromatic carbocycles. The fraction of sp³-hybridized carbons (Fsp3) is 0. The van der Waals surface area contributed by atoms with Gasteiger partial charge in [0.25, 0.3) is 0 Å². The minimum atomic E-state index is -1.21. The molecule has 0 N–H and O–H groups in total. The minimum Gasteiger partial charge on any atom is -0.289 e. The fourth-order valence-corrected chi connectivity index (χ4v) is 4.27. The Hall–Kier alpha value is -2.52. The van der Waals surface area contributed by atoms with Gasteiger partial charge in [0.15, 0.2) is 5.78 Å². The molecule has 0 aromatic heterocycles. The van der Waals surface area contributed by atoms with E-state index in [4.69, 9.17) is 0 Å². The van der Waals surface area contributed by atoms with Crippen molar-refractivity contribution < 1.29 is 9.00 Å². The third-order valence-electron chi connectivity index (χ3n) is 3.86. The van der Waals surface area contributed by atoms with Crippen LogP contribution in [-0.2, 0) is 10.8 Å². The summed E-state index contributed by atoms with van der Waals surface area (Å²) in [5.74, 6) is -0.0360. The Labute approximate surface area is 130 Å². The van der Waals surface area contributed by atoms with E-state index in [1.54, 1.807) is 18.2 Å². The number of carbonyl (C=O) groups is 1. The molecule has 4 rings (SSSR count). The highest BCUT2D eigenvalue weighted by Gasteiger charge is 2.29. The van der Waals surface area contributed by atoms with Crippen molar-refractivity contribution in [2.24, 2.45) is 0 Å². The Morgan fingerprint density at radius 2 is 1.41 bits per heavy atom.